The molecule has 5 heteroatoms. The van der Waals surface area contributed by atoms with Gasteiger partial charge in [-0.25, -0.2) is 4.98 Å². The molecule has 22 heavy (non-hydrogen) atoms. The Balaban J connectivity index is 1.76. The van der Waals surface area contributed by atoms with E-state index in [1.54, 1.807) is 37.3 Å². The van der Waals surface area contributed by atoms with Gasteiger partial charge in [-0.15, -0.1) is 0 Å². The van der Waals surface area contributed by atoms with Crippen LogP contribution < -0.4 is 0 Å². The first-order valence-electron chi connectivity index (χ1n) is 6.99. The van der Waals surface area contributed by atoms with Gasteiger partial charge in [0.15, 0.2) is 5.58 Å². The molecular weight excluding hydrogens is 280 g/mol. The Morgan fingerprint density at radius 2 is 1.55 bits per heavy atom. The van der Waals surface area contributed by atoms with Crippen LogP contribution in [0.3, 0.4) is 0 Å². The quantitative estimate of drug-likeness (QED) is 0.680. The van der Waals surface area contributed by atoms with E-state index in [0.717, 1.165) is 0 Å². The summed E-state index contributed by atoms with van der Waals surface area (Å²) in [6.45, 7) is 1.74. The Bertz CT molecular complexity index is 845. The van der Waals surface area contributed by atoms with Crippen LogP contribution in [-0.4, -0.2) is 21.7 Å². The monoisotopic (exact) mass is 292 g/mol. The average Bonchev–Trinajstić information content (AvgIpc) is 3.08. The number of aromatic nitrogens is 1. The molecule has 2 aromatic carbocycles. The van der Waals surface area contributed by atoms with Crippen LogP contribution in [0.1, 0.15) is 39.6 Å². The van der Waals surface area contributed by atoms with Gasteiger partial charge in [-0.05, 0) is 31.2 Å². The number of para-hydroxylation sites is 2. The van der Waals surface area contributed by atoms with Gasteiger partial charge in [-0.3, -0.25) is 14.5 Å². The van der Waals surface area contributed by atoms with Crippen molar-refractivity contribution in [3.8, 4) is 0 Å². The molecule has 5 nitrogen and oxygen atoms in total. The summed E-state index contributed by atoms with van der Waals surface area (Å²) in [4.78, 5) is 30.5. The molecule has 0 radical (unpaired) electrons. The van der Waals surface area contributed by atoms with E-state index in [0.29, 0.717) is 28.1 Å². The van der Waals surface area contributed by atoms with Crippen LogP contribution >= 0.6 is 0 Å². The van der Waals surface area contributed by atoms with Gasteiger partial charge < -0.3 is 4.42 Å². The summed E-state index contributed by atoms with van der Waals surface area (Å²) in [5.41, 5.74) is 2.20. The maximum Gasteiger partial charge on any atom is 0.262 e. The van der Waals surface area contributed by atoms with Crippen LogP contribution in [0.2, 0.25) is 0 Å². The van der Waals surface area contributed by atoms with Crippen LogP contribution in [0.25, 0.3) is 11.1 Å². The summed E-state index contributed by atoms with van der Waals surface area (Å²) in [5.74, 6) is -0.263. The van der Waals surface area contributed by atoms with Crippen molar-refractivity contribution in [2.45, 2.75) is 13.0 Å². The molecule has 0 N–H and O–H groups in total. The first-order valence-corrected chi connectivity index (χ1v) is 6.99. The number of amides is 2. The van der Waals surface area contributed by atoms with E-state index in [1.165, 1.54) is 4.90 Å². The zero-order valence-corrected chi connectivity index (χ0v) is 11.8. The molecule has 1 aliphatic rings. The second kappa shape index (κ2) is 4.53. The van der Waals surface area contributed by atoms with Gasteiger partial charge in [-0.1, -0.05) is 24.3 Å². The van der Waals surface area contributed by atoms with Crippen LogP contribution in [-0.2, 0) is 0 Å². The molecule has 0 saturated heterocycles. The highest BCUT2D eigenvalue weighted by molar-refractivity contribution is 6.21. The lowest BCUT2D eigenvalue weighted by atomic mass is 10.1. The second-order valence-electron chi connectivity index (χ2n) is 5.22. The lowest BCUT2D eigenvalue weighted by Crippen LogP contribution is -2.32. The highest BCUT2D eigenvalue weighted by Crippen LogP contribution is 2.31. The van der Waals surface area contributed by atoms with Crippen LogP contribution in [0.15, 0.2) is 52.9 Å². The van der Waals surface area contributed by atoms with Crippen molar-refractivity contribution < 1.29 is 14.0 Å². The molecule has 0 saturated carbocycles. The number of fused-ring (bicyclic) bond motifs is 2. The molecule has 2 amide bonds. The fraction of sp³-hybridized carbons (Fsp3) is 0.118. The fourth-order valence-electron chi connectivity index (χ4n) is 2.74. The Kier molecular flexibility index (Phi) is 2.63. The molecule has 1 aliphatic heterocycles. The average molecular weight is 292 g/mol. The molecule has 1 aromatic heterocycles. The lowest BCUT2D eigenvalue weighted by Gasteiger charge is -2.19. The molecule has 108 valence electrons. The number of oxazole rings is 1. The molecule has 0 bridgehead atoms. The van der Waals surface area contributed by atoms with Crippen molar-refractivity contribution in [2.24, 2.45) is 0 Å². The van der Waals surface area contributed by atoms with Gasteiger partial charge in [0, 0.05) is 0 Å². The SMILES string of the molecule is C[C@H](c1nc2ccccc2o1)N1C(=O)c2ccccc2C1=O. The standard InChI is InChI=1S/C17H12N2O3/c1-10(15-18-13-8-4-5-9-14(13)22-15)19-16(20)11-6-2-3-7-12(11)17(19)21/h2-10H,1H3/t10-/m1/s1. The first kappa shape index (κ1) is 12.8. The summed E-state index contributed by atoms with van der Waals surface area (Å²) < 4.78 is 5.68. The smallest absolute Gasteiger partial charge is 0.262 e. The summed E-state index contributed by atoms with van der Waals surface area (Å²) >= 11 is 0. The third kappa shape index (κ3) is 1.69. The van der Waals surface area contributed by atoms with Crippen molar-refractivity contribution in [3.05, 3.63) is 65.5 Å². The highest BCUT2D eigenvalue weighted by atomic mass is 16.4. The zero-order valence-electron chi connectivity index (χ0n) is 11.8. The van der Waals surface area contributed by atoms with E-state index in [4.69, 9.17) is 4.42 Å². The largest absolute Gasteiger partial charge is 0.438 e. The third-order valence-corrected chi connectivity index (χ3v) is 3.88. The minimum absolute atomic E-state index is 0.310. The van der Waals surface area contributed by atoms with Gasteiger partial charge in [0.05, 0.1) is 11.1 Å². The number of hydrogen-bond donors (Lipinski definition) is 0. The lowest BCUT2D eigenvalue weighted by molar-refractivity contribution is 0.0575. The molecule has 0 spiro atoms. The van der Waals surface area contributed by atoms with Crippen molar-refractivity contribution in [1.82, 2.24) is 9.88 Å². The minimum atomic E-state index is -0.556. The van der Waals surface area contributed by atoms with Gasteiger partial charge >= 0.3 is 0 Å². The van der Waals surface area contributed by atoms with Crippen molar-refractivity contribution in [2.75, 3.05) is 0 Å². The summed E-state index contributed by atoms with van der Waals surface area (Å²) in [6.07, 6.45) is 0. The van der Waals surface area contributed by atoms with E-state index in [2.05, 4.69) is 4.98 Å². The maximum absolute atomic E-state index is 12.5. The number of carbonyl (C=O) groups is 2. The van der Waals surface area contributed by atoms with E-state index < -0.39 is 6.04 Å². The Hall–Kier alpha value is -2.95. The Morgan fingerprint density at radius 1 is 0.955 bits per heavy atom. The van der Waals surface area contributed by atoms with Crippen LogP contribution in [0.4, 0.5) is 0 Å². The maximum atomic E-state index is 12.5. The number of rotatable bonds is 2. The van der Waals surface area contributed by atoms with Gasteiger partial charge in [-0.2, -0.15) is 0 Å². The number of nitrogens with zero attached hydrogens (tertiary/aromatic N) is 2. The number of carbonyl (C=O) groups excluding carboxylic acids is 2. The van der Waals surface area contributed by atoms with E-state index in [-0.39, 0.29) is 11.8 Å². The fourth-order valence-corrected chi connectivity index (χ4v) is 2.74. The van der Waals surface area contributed by atoms with Crippen molar-refractivity contribution in [1.29, 1.82) is 0 Å². The summed E-state index contributed by atoms with van der Waals surface area (Å²) in [6, 6.07) is 13.6. The van der Waals surface area contributed by atoms with Gasteiger partial charge in [0.1, 0.15) is 11.6 Å². The second-order valence-corrected chi connectivity index (χ2v) is 5.22. The van der Waals surface area contributed by atoms with Crippen molar-refractivity contribution in [3.63, 3.8) is 0 Å². The predicted molar refractivity (Wildman–Crippen MR) is 79.4 cm³/mol. The van der Waals surface area contributed by atoms with Crippen LogP contribution in [0, 0.1) is 0 Å². The van der Waals surface area contributed by atoms with E-state index >= 15 is 0 Å². The third-order valence-electron chi connectivity index (χ3n) is 3.88. The van der Waals surface area contributed by atoms with Gasteiger partial charge in [0.2, 0.25) is 5.89 Å². The topological polar surface area (TPSA) is 63.4 Å². The number of imide groups is 1. The Morgan fingerprint density at radius 3 is 2.18 bits per heavy atom. The molecule has 0 aliphatic carbocycles. The predicted octanol–water partition coefficient (Wildman–Crippen LogP) is 3.19. The van der Waals surface area contributed by atoms with Crippen molar-refractivity contribution >= 4 is 22.9 Å². The molecular formula is C17H12N2O3. The highest BCUT2D eigenvalue weighted by Gasteiger charge is 2.40. The molecule has 1 atom stereocenters. The van der Waals surface area contributed by atoms with E-state index in [1.807, 2.05) is 18.2 Å². The molecule has 0 unspecified atom stereocenters. The first-order chi connectivity index (χ1) is 10.7. The summed E-state index contributed by atoms with van der Waals surface area (Å²) in [5, 5.41) is 0. The molecule has 3 aromatic rings. The molecule has 2 heterocycles. The minimum Gasteiger partial charge on any atom is -0.438 e. The summed E-state index contributed by atoms with van der Waals surface area (Å²) in [7, 11) is 0. The van der Waals surface area contributed by atoms with Crippen LogP contribution in [0.5, 0.6) is 0 Å². The molecule has 4 rings (SSSR count). The number of benzene rings is 2. The normalized spacial score (nSPS) is 15.4. The van der Waals surface area contributed by atoms with Gasteiger partial charge in [0.25, 0.3) is 11.8 Å². The Labute approximate surface area is 126 Å². The number of hydrogen-bond acceptors (Lipinski definition) is 4. The zero-order chi connectivity index (χ0) is 15.3. The molecule has 0 fully saturated rings. The van der Waals surface area contributed by atoms with E-state index in [9.17, 15) is 9.59 Å².